The fraction of sp³-hybridized carbons (Fsp3) is 0.455. The topological polar surface area (TPSA) is 52.2 Å². The van der Waals surface area contributed by atoms with Crippen LogP contribution in [0.4, 0.5) is 0 Å². The van der Waals surface area contributed by atoms with Crippen molar-refractivity contribution < 1.29 is 18.9 Å². The van der Waals surface area contributed by atoms with Crippen LogP contribution in [0.5, 0.6) is 23.0 Å². The third-order valence-electron chi connectivity index (χ3n) is 5.27. The molecular weight excluding hydrogens is 436 g/mol. The Morgan fingerprint density at radius 2 is 1.55 bits per heavy atom. The van der Waals surface area contributed by atoms with Crippen molar-refractivity contribution in [3.8, 4) is 23.0 Å². The van der Waals surface area contributed by atoms with Gasteiger partial charge in [-0.15, -0.1) is 0 Å². The van der Waals surface area contributed by atoms with E-state index in [1.54, 1.807) is 28.4 Å². The molecule has 0 aliphatic carbocycles. The van der Waals surface area contributed by atoms with Crippen LogP contribution in [0.1, 0.15) is 23.6 Å². The molecule has 0 saturated carbocycles. The maximum absolute atomic E-state index is 5.76. The van der Waals surface area contributed by atoms with Crippen LogP contribution in [-0.2, 0) is 0 Å². The molecule has 1 unspecified atom stereocenters. The van der Waals surface area contributed by atoms with Gasteiger partial charge in [-0.05, 0) is 42.8 Å². The lowest BCUT2D eigenvalue weighted by molar-refractivity contribution is 0.234. The third kappa shape index (κ3) is 4.79. The second-order valence-electron chi connectivity index (χ2n) is 6.88. The number of hydrogen-bond acceptors (Lipinski definition) is 6. The van der Waals surface area contributed by atoms with Crippen molar-refractivity contribution in [3.05, 3.63) is 45.9 Å². The van der Waals surface area contributed by atoms with Crippen molar-refractivity contribution in [2.45, 2.75) is 12.5 Å². The number of halogens is 1. The maximum Gasteiger partial charge on any atom is 0.161 e. The fourth-order valence-corrected chi connectivity index (χ4v) is 4.35. The van der Waals surface area contributed by atoms with E-state index in [2.05, 4.69) is 38.3 Å². The van der Waals surface area contributed by atoms with Gasteiger partial charge in [-0.2, -0.15) is 0 Å². The highest BCUT2D eigenvalue weighted by Crippen LogP contribution is 2.43. The molecular formula is C22H29BrN2O4. The molecule has 0 radical (unpaired) electrons. The molecule has 158 valence electrons. The molecule has 1 fully saturated rings. The van der Waals surface area contributed by atoms with E-state index in [4.69, 9.17) is 18.9 Å². The minimum atomic E-state index is -0.00932. The molecule has 1 atom stereocenters. The van der Waals surface area contributed by atoms with Crippen molar-refractivity contribution >= 4 is 15.9 Å². The van der Waals surface area contributed by atoms with Gasteiger partial charge in [-0.25, -0.2) is 0 Å². The van der Waals surface area contributed by atoms with E-state index in [0.29, 0.717) is 11.5 Å². The van der Waals surface area contributed by atoms with Crippen molar-refractivity contribution in [2.24, 2.45) is 0 Å². The number of methoxy groups -OCH3 is 4. The van der Waals surface area contributed by atoms with Gasteiger partial charge in [0.25, 0.3) is 0 Å². The first-order valence-corrected chi connectivity index (χ1v) is 10.5. The zero-order valence-corrected chi connectivity index (χ0v) is 19.0. The van der Waals surface area contributed by atoms with E-state index in [9.17, 15) is 0 Å². The van der Waals surface area contributed by atoms with Gasteiger partial charge < -0.3 is 24.3 Å². The fourth-order valence-electron chi connectivity index (χ4n) is 3.81. The van der Waals surface area contributed by atoms with E-state index in [1.165, 1.54) is 0 Å². The summed E-state index contributed by atoms with van der Waals surface area (Å²) in [6, 6.07) is 10.0. The highest BCUT2D eigenvalue weighted by Gasteiger charge is 2.29. The first kappa shape index (κ1) is 21.7. The van der Waals surface area contributed by atoms with Gasteiger partial charge in [0.1, 0.15) is 11.5 Å². The van der Waals surface area contributed by atoms with E-state index >= 15 is 0 Å². The molecule has 2 aromatic carbocycles. The normalized spacial score (nSPS) is 16.0. The zero-order valence-electron chi connectivity index (χ0n) is 17.5. The van der Waals surface area contributed by atoms with Crippen molar-refractivity contribution in [1.82, 2.24) is 10.2 Å². The summed E-state index contributed by atoms with van der Waals surface area (Å²) >= 11 is 3.77. The largest absolute Gasteiger partial charge is 0.497 e. The minimum absolute atomic E-state index is 0.00932. The molecule has 0 aromatic heterocycles. The van der Waals surface area contributed by atoms with Gasteiger partial charge in [0.2, 0.25) is 0 Å². The number of ether oxygens (including phenoxy) is 4. The van der Waals surface area contributed by atoms with Gasteiger partial charge in [-0.1, -0.05) is 15.9 Å². The summed E-state index contributed by atoms with van der Waals surface area (Å²) in [4.78, 5) is 2.48. The molecule has 1 saturated heterocycles. The molecule has 0 bridgehead atoms. The minimum Gasteiger partial charge on any atom is -0.497 e. The summed E-state index contributed by atoms with van der Waals surface area (Å²) in [6.07, 6.45) is 1.08. The number of hydrogen-bond donors (Lipinski definition) is 1. The highest BCUT2D eigenvalue weighted by atomic mass is 79.9. The first-order valence-electron chi connectivity index (χ1n) is 9.71. The van der Waals surface area contributed by atoms with Gasteiger partial charge in [-0.3, -0.25) is 4.90 Å². The Bertz CT molecular complexity index is 823. The average Bonchev–Trinajstić information content (AvgIpc) is 3.04. The highest BCUT2D eigenvalue weighted by molar-refractivity contribution is 9.10. The Kier molecular flexibility index (Phi) is 7.64. The van der Waals surface area contributed by atoms with Crippen LogP contribution < -0.4 is 24.3 Å². The summed E-state index contributed by atoms with van der Waals surface area (Å²) in [5.74, 6) is 2.97. The lowest BCUT2D eigenvalue weighted by atomic mass is 9.95. The number of benzene rings is 2. The van der Waals surface area contributed by atoms with Crippen molar-refractivity contribution in [3.63, 3.8) is 0 Å². The molecule has 1 N–H and O–H groups in total. The van der Waals surface area contributed by atoms with Gasteiger partial charge in [0.15, 0.2) is 11.5 Å². The molecule has 1 aliphatic rings. The quantitative estimate of drug-likeness (QED) is 0.670. The standard InChI is InChI=1S/C22H29BrN2O4/c1-26-15-6-7-16(19(12-15)27-2)22(25-10-5-8-24-9-11-25)17-13-20(28-3)21(29-4)14-18(17)23/h6-7,12-14,22,24H,5,8-11H2,1-4H3. The van der Waals surface area contributed by atoms with Crippen LogP contribution in [0.25, 0.3) is 0 Å². The third-order valence-corrected chi connectivity index (χ3v) is 5.96. The van der Waals surface area contributed by atoms with E-state index < -0.39 is 0 Å². The van der Waals surface area contributed by atoms with E-state index in [1.807, 2.05) is 18.2 Å². The Morgan fingerprint density at radius 1 is 0.828 bits per heavy atom. The van der Waals surface area contributed by atoms with Crippen molar-refractivity contribution in [1.29, 1.82) is 0 Å². The van der Waals surface area contributed by atoms with Gasteiger partial charge in [0, 0.05) is 35.7 Å². The van der Waals surface area contributed by atoms with Crippen LogP contribution in [-0.4, -0.2) is 59.5 Å². The molecule has 6 nitrogen and oxygen atoms in total. The van der Waals surface area contributed by atoms with Gasteiger partial charge in [0.05, 0.1) is 34.5 Å². The van der Waals surface area contributed by atoms with Crippen LogP contribution >= 0.6 is 15.9 Å². The Hall–Kier alpha value is -1.96. The van der Waals surface area contributed by atoms with Crippen LogP contribution in [0.2, 0.25) is 0 Å². The SMILES string of the molecule is COc1ccc(C(c2cc(OC)c(OC)cc2Br)N2CCCNCC2)c(OC)c1. The molecule has 0 amide bonds. The molecule has 2 aromatic rings. The van der Waals surface area contributed by atoms with Crippen LogP contribution in [0.15, 0.2) is 34.8 Å². The average molecular weight is 465 g/mol. The Morgan fingerprint density at radius 3 is 2.24 bits per heavy atom. The van der Waals surface area contributed by atoms with Crippen molar-refractivity contribution in [2.75, 3.05) is 54.6 Å². The molecule has 0 spiro atoms. The molecule has 29 heavy (non-hydrogen) atoms. The zero-order chi connectivity index (χ0) is 20.8. The van der Waals surface area contributed by atoms with Crippen LogP contribution in [0, 0.1) is 0 Å². The molecule has 3 rings (SSSR count). The lowest BCUT2D eigenvalue weighted by Gasteiger charge is -2.33. The van der Waals surface area contributed by atoms with Crippen LogP contribution in [0.3, 0.4) is 0 Å². The predicted octanol–water partition coefficient (Wildman–Crippen LogP) is 3.87. The smallest absolute Gasteiger partial charge is 0.161 e. The molecule has 7 heteroatoms. The Balaban J connectivity index is 2.17. The summed E-state index contributed by atoms with van der Waals surface area (Å²) < 4.78 is 23.2. The molecule has 1 aliphatic heterocycles. The Labute approximate surface area is 181 Å². The molecule has 1 heterocycles. The monoisotopic (exact) mass is 464 g/mol. The summed E-state index contributed by atoms with van der Waals surface area (Å²) in [5.41, 5.74) is 2.19. The number of rotatable bonds is 7. The maximum atomic E-state index is 5.76. The number of nitrogens with one attached hydrogen (secondary N) is 1. The second-order valence-corrected chi connectivity index (χ2v) is 7.73. The summed E-state index contributed by atoms with van der Waals surface area (Å²) in [6.45, 7) is 3.88. The second kappa shape index (κ2) is 10.2. The first-order chi connectivity index (χ1) is 14.1. The summed E-state index contributed by atoms with van der Waals surface area (Å²) in [7, 11) is 6.67. The summed E-state index contributed by atoms with van der Waals surface area (Å²) in [5, 5.41) is 3.49. The lowest BCUT2D eigenvalue weighted by Crippen LogP contribution is -2.33. The van der Waals surface area contributed by atoms with E-state index in [-0.39, 0.29) is 6.04 Å². The predicted molar refractivity (Wildman–Crippen MR) is 118 cm³/mol. The number of nitrogens with zero attached hydrogens (tertiary/aromatic N) is 1. The van der Waals surface area contributed by atoms with Gasteiger partial charge >= 0.3 is 0 Å². The van der Waals surface area contributed by atoms with E-state index in [0.717, 1.165) is 59.7 Å².